The Morgan fingerprint density at radius 3 is 2.42 bits per heavy atom. The molecule has 0 radical (unpaired) electrons. The Kier molecular flexibility index (Phi) is 6.30. The number of aromatic nitrogens is 1. The molecule has 1 aromatic heterocycles. The Hall–Kier alpha value is -2.39. The summed E-state index contributed by atoms with van der Waals surface area (Å²) in [5, 5.41) is 3.33. The molecule has 10 heteroatoms. The molecule has 1 unspecified atom stereocenters. The van der Waals surface area contributed by atoms with E-state index in [-0.39, 0.29) is 39.7 Å². The molecule has 2 bridgehead atoms. The number of pyridine rings is 1. The summed E-state index contributed by atoms with van der Waals surface area (Å²) in [5.74, 6) is -0.214. The molecule has 1 amide bonds. The average Bonchev–Trinajstić information content (AvgIpc) is 3.00. The van der Waals surface area contributed by atoms with Gasteiger partial charge < -0.3 is 15.0 Å². The van der Waals surface area contributed by atoms with E-state index in [4.69, 9.17) is 16.3 Å². The van der Waals surface area contributed by atoms with Crippen LogP contribution in [0.3, 0.4) is 0 Å². The van der Waals surface area contributed by atoms with Gasteiger partial charge in [0.15, 0.2) is 27.0 Å². The highest BCUT2D eigenvalue weighted by atomic mass is 35.5. The third kappa shape index (κ3) is 5.09. The van der Waals surface area contributed by atoms with Crippen molar-refractivity contribution in [2.75, 3.05) is 11.2 Å². The van der Waals surface area contributed by atoms with Crippen molar-refractivity contribution in [3.8, 4) is 5.75 Å². The van der Waals surface area contributed by atoms with Gasteiger partial charge in [-0.3, -0.25) is 4.79 Å². The predicted octanol–water partition coefficient (Wildman–Crippen LogP) is 3.75. The lowest BCUT2D eigenvalue weighted by Gasteiger charge is -2.40. The predicted molar refractivity (Wildman–Crippen MR) is 124 cm³/mol. The zero-order valence-corrected chi connectivity index (χ0v) is 20.3. The van der Waals surface area contributed by atoms with E-state index < -0.39 is 21.3 Å². The van der Waals surface area contributed by atoms with E-state index >= 15 is 0 Å². The largest absolute Gasteiger partial charge is 0.475 e. The Morgan fingerprint density at radius 2 is 1.88 bits per heavy atom. The molecule has 2 fully saturated rings. The molecule has 0 aliphatic carbocycles. The van der Waals surface area contributed by atoms with Gasteiger partial charge in [0.2, 0.25) is 0 Å². The van der Waals surface area contributed by atoms with E-state index in [9.17, 15) is 17.6 Å². The number of nitrogens with zero attached hydrogens (tertiary/aromatic N) is 2. The van der Waals surface area contributed by atoms with Crippen molar-refractivity contribution in [1.82, 2.24) is 10.3 Å². The molecule has 3 atom stereocenters. The molecule has 2 aromatic rings. The molecule has 1 aromatic carbocycles. The Balaban J connectivity index is 1.41. The number of nitrogens with one attached hydrogen (secondary N) is 1. The number of hydrogen-bond acceptors (Lipinski definition) is 6. The summed E-state index contributed by atoms with van der Waals surface area (Å²) in [6.07, 6.45) is 5.99. The van der Waals surface area contributed by atoms with Crippen LogP contribution in [0.2, 0.25) is 5.02 Å². The van der Waals surface area contributed by atoms with E-state index in [1.165, 1.54) is 18.3 Å². The maximum absolute atomic E-state index is 14.1. The Labute approximate surface area is 198 Å². The monoisotopic (exact) mass is 495 g/mol. The van der Waals surface area contributed by atoms with Crippen molar-refractivity contribution >= 4 is 33.2 Å². The van der Waals surface area contributed by atoms with Crippen LogP contribution in [0.25, 0.3) is 0 Å². The number of amides is 1. The summed E-state index contributed by atoms with van der Waals surface area (Å²) in [7, 11) is -3.30. The quantitative estimate of drug-likeness (QED) is 0.656. The van der Waals surface area contributed by atoms with Crippen LogP contribution in [0, 0.1) is 5.82 Å². The smallest absolute Gasteiger partial charge is 0.263 e. The van der Waals surface area contributed by atoms with Gasteiger partial charge in [-0.25, -0.2) is 17.8 Å². The first-order valence-electron chi connectivity index (χ1n) is 10.8. The van der Waals surface area contributed by atoms with Crippen LogP contribution >= 0.6 is 11.6 Å². The van der Waals surface area contributed by atoms with E-state index in [0.29, 0.717) is 0 Å². The molecule has 1 N–H and O–H groups in total. The van der Waals surface area contributed by atoms with Crippen LogP contribution in [0.1, 0.15) is 39.5 Å². The number of carbonyl (C=O) groups is 1. The van der Waals surface area contributed by atoms with Gasteiger partial charge >= 0.3 is 0 Å². The van der Waals surface area contributed by atoms with Gasteiger partial charge in [0.1, 0.15) is 5.82 Å². The Bertz CT molecular complexity index is 1140. The SMILES string of the molecule is CC(C)(Oc1ccc(Cl)cc1F)C(=O)NC1C[C@H]2CC[C@@H](C1)N2c1ccc(S(C)(=O)=O)cn1. The Morgan fingerprint density at radius 1 is 1.21 bits per heavy atom. The summed E-state index contributed by atoms with van der Waals surface area (Å²) in [6.45, 7) is 3.21. The summed E-state index contributed by atoms with van der Waals surface area (Å²) in [6, 6.07) is 7.75. The molecule has 0 saturated carbocycles. The number of anilines is 1. The number of fused-ring (bicyclic) bond motifs is 2. The van der Waals surface area contributed by atoms with Crippen molar-refractivity contribution in [1.29, 1.82) is 0 Å². The van der Waals surface area contributed by atoms with Gasteiger partial charge in [-0.2, -0.15) is 0 Å². The normalized spacial score (nSPS) is 22.8. The van der Waals surface area contributed by atoms with Gasteiger partial charge in [0.05, 0.1) is 4.90 Å². The second-order valence-corrected chi connectivity index (χ2v) is 11.7. The van der Waals surface area contributed by atoms with Crippen molar-refractivity contribution < 1.29 is 22.3 Å². The molecule has 4 rings (SSSR count). The molecule has 33 heavy (non-hydrogen) atoms. The highest BCUT2D eigenvalue weighted by Crippen LogP contribution is 2.39. The van der Waals surface area contributed by atoms with Crippen molar-refractivity contribution in [3.63, 3.8) is 0 Å². The highest BCUT2D eigenvalue weighted by Gasteiger charge is 2.43. The van der Waals surface area contributed by atoms with Gasteiger partial charge in [0, 0.05) is 35.6 Å². The van der Waals surface area contributed by atoms with E-state index in [2.05, 4.69) is 15.2 Å². The lowest BCUT2D eigenvalue weighted by molar-refractivity contribution is -0.135. The zero-order chi connectivity index (χ0) is 24.0. The van der Waals surface area contributed by atoms with Gasteiger partial charge in [-0.05, 0) is 69.9 Å². The first-order chi connectivity index (χ1) is 15.4. The summed E-state index contributed by atoms with van der Waals surface area (Å²) < 4.78 is 43.2. The van der Waals surface area contributed by atoms with Gasteiger partial charge in [-0.15, -0.1) is 0 Å². The first kappa shape index (κ1) is 23.8. The number of rotatable bonds is 6. The molecule has 2 aliphatic heterocycles. The van der Waals surface area contributed by atoms with Crippen LogP contribution in [0.5, 0.6) is 5.75 Å². The number of sulfone groups is 1. The van der Waals surface area contributed by atoms with Crippen molar-refractivity contribution in [3.05, 3.63) is 47.4 Å². The fraction of sp³-hybridized carbons (Fsp3) is 0.478. The highest BCUT2D eigenvalue weighted by molar-refractivity contribution is 7.90. The molecular weight excluding hydrogens is 469 g/mol. The minimum Gasteiger partial charge on any atom is -0.475 e. The number of halogens is 2. The summed E-state index contributed by atoms with van der Waals surface area (Å²) >= 11 is 5.79. The van der Waals surface area contributed by atoms with Crippen molar-refractivity contribution in [2.45, 2.75) is 68.2 Å². The third-order valence-corrected chi connectivity index (χ3v) is 7.62. The fourth-order valence-corrected chi connectivity index (χ4v) is 5.37. The lowest BCUT2D eigenvalue weighted by atomic mass is 9.96. The van der Waals surface area contributed by atoms with Crippen LogP contribution < -0.4 is 15.0 Å². The number of carbonyl (C=O) groups excluding carboxylic acids is 1. The van der Waals surface area contributed by atoms with Crippen LogP contribution in [0.15, 0.2) is 41.4 Å². The minimum atomic E-state index is -3.30. The minimum absolute atomic E-state index is 0.0296. The molecule has 2 saturated heterocycles. The average molecular weight is 496 g/mol. The zero-order valence-electron chi connectivity index (χ0n) is 18.7. The van der Waals surface area contributed by atoms with Gasteiger partial charge in [0.25, 0.3) is 5.91 Å². The lowest BCUT2D eigenvalue weighted by Crippen LogP contribution is -2.55. The van der Waals surface area contributed by atoms with E-state index in [1.54, 1.807) is 26.0 Å². The summed E-state index contributed by atoms with van der Waals surface area (Å²) in [5.41, 5.74) is -1.27. The third-order valence-electron chi connectivity index (χ3n) is 6.29. The number of piperidine rings is 1. The number of ether oxygens (including phenoxy) is 1. The molecule has 2 aliphatic rings. The van der Waals surface area contributed by atoms with Gasteiger partial charge in [-0.1, -0.05) is 11.6 Å². The van der Waals surface area contributed by atoms with E-state index in [0.717, 1.165) is 43.8 Å². The van der Waals surface area contributed by atoms with Crippen LogP contribution in [0.4, 0.5) is 10.2 Å². The molecule has 0 spiro atoms. The summed E-state index contributed by atoms with van der Waals surface area (Å²) in [4.78, 5) is 19.8. The second-order valence-electron chi connectivity index (χ2n) is 9.25. The van der Waals surface area contributed by atoms with Crippen molar-refractivity contribution in [2.24, 2.45) is 0 Å². The molecule has 178 valence electrons. The first-order valence-corrected chi connectivity index (χ1v) is 13.1. The molecule has 3 heterocycles. The molecular formula is C23H27ClFN3O4S. The van der Waals surface area contributed by atoms with Crippen LogP contribution in [-0.2, 0) is 14.6 Å². The number of hydrogen-bond donors (Lipinski definition) is 1. The number of benzene rings is 1. The fourth-order valence-electron chi connectivity index (χ4n) is 4.65. The maximum Gasteiger partial charge on any atom is 0.263 e. The van der Waals surface area contributed by atoms with Crippen LogP contribution in [-0.4, -0.2) is 49.3 Å². The maximum atomic E-state index is 14.1. The molecule has 7 nitrogen and oxygen atoms in total. The standard InChI is InChI=1S/C23H27ClFN3O4S/c1-23(2,32-20-8-4-14(24)10-19(20)25)22(29)27-15-11-16-5-6-17(12-15)28(16)21-9-7-18(13-26-21)33(3,30)31/h4,7-10,13,15-17H,5-6,11-12H2,1-3H3,(H,27,29)/t15?,16-,17+. The van der Waals surface area contributed by atoms with E-state index in [1.807, 2.05) is 0 Å². The second kappa shape index (κ2) is 8.76. The topological polar surface area (TPSA) is 88.6 Å².